The van der Waals surface area contributed by atoms with E-state index in [2.05, 4.69) is 10.6 Å². The second-order valence-corrected chi connectivity index (χ2v) is 6.03. The van der Waals surface area contributed by atoms with E-state index in [1.165, 1.54) is 0 Å². The Kier molecular flexibility index (Phi) is 5.83. The molecule has 5 heteroatoms. The number of carbonyl (C=O) groups excluding carboxylic acids is 1. The van der Waals surface area contributed by atoms with Gasteiger partial charge in [-0.3, -0.25) is 10.1 Å². The number of rotatable bonds is 5. The van der Waals surface area contributed by atoms with Crippen LogP contribution < -0.4 is 10.6 Å². The fraction of sp³-hybridized carbons (Fsp3) is 0.235. The molecule has 0 radical (unpaired) electrons. The molecule has 0 aliphatic heterocycles. The normalized spacial score (nSPS) is 13.5. The molecule has 0 aromatic heterocycles. The molecular weight excluding hydrogens is 319 g/mol. The van der Waals surface area contributed by atoms with Gasteiger partial charge in [-0.25, -0.2) is 0 Å². The number of hydrogen-bond acceptors (Lipinski definition) is 2. The van der Waals surface area contributed by atoms with Crippen molar-refractivity contribution in [1.82, 2.24) is 5.32 Å². The first kappa shape index (κ1) is 16.8. The molecule has 2 aromatic carbocycles. The Bertz CT molecular complexity index is 643. The first-order valence-corrected chi connectivity index (χ1v) is 7.79. The van der Waals surface area contributed by atoms with E-state index in [9.17, 15) is 4.79 Å². The fourth-order valence-electron chi connectivity index (χ4n) is 2.11. The lowest BCUT2D eigenvalue weighted by molar-refractivity contribution is -0.117. The third kappa shape index (κ3) is 4.73. The molecule has 1 amide bonds. The van der Waals surface area contributed by atoms with Gasteiger partial charge in [0.15, 0.2) is 0 Å². The van der Waals surface area contributed by atoms with E-state index in [4.69, 9.17) is 23.2 Å². The van der Waals surface area contributed by atoms with Crippen LogP contribution in [0.25, 0.3) is 0 Å². The summed E-state index contributed by atoms with van der Waals surface area (Å²) in [5, 5.41) is 7.43. The summed E-state index contributed by atoms with van der Waals surface area (Å²) in [6.07, 6.45) is 0. The average Bonchev–Trinajstić information content (AvgIpc) is 2.49. The second kappa shape index (κ2) is 7.63. The third-order valence-corrected chi connectivity index (χ3v) is 3.84. The van der Waals surface area contributed by atoms with Crippen LogP contribution in [0.3, 0.4) is 0 Å². The standard InChI is InChI=1S/C17H18Cl2N2O/c1-11(13-4-3-5-15(19)10-13)20-12(2)17(22)21-16-8-6-14(18)7-9-16/h3-12,20H,1-2H3,(H,21,22)/t11-,12-/m0/s1. The summed E-state index contributed by atoms with van der Waals surface area (Å²) in [6, 6.07) is 14.3. The molecule has 3 nitrogen and oxygen atoms in total. The first-order valence-electron chi connectivity index (χ1n) is 7.03. The van der Waals surface area contributed by atoms with Gasteiger partial charge in [-0.15, -0.1) is 0 Å². The summed E-state index contributed by atoms with van der Waals surface area (Å²) in [7, 11) is 0. The summed E-state index contributed by atoms with van der Waals surface area (Å²) < 4.78 is 0. The fourth-order valence-corrected chi connectivity index (χ4v) is 2.43. The average molecular weight is 337 g/mol. The van der Waals surface area contributed by atoms with Crippen LogP contribution in [0.5, 0.6) is 0 Å². The van der Waals surface area contributed by atoms with Crippen molar-refractivity contribution in [2.75, 3.05) is 5.32 Å². The minimum atomic E-state index is -0.343. The van der Waals surface area contributed by atoms with Gasteiger partial charge in [0, 0.05) is 21.8 Å². The van der Waals surface area contributed by atoms with Crippen molar-refractivity contribution in [2.24, 2.45) is 0 Å². The van der Waals surface area contributed by atoms with Crippen LogP contribution >= 0.6 is 23.2 Å². The SMILES string of the molecule is C[C@H](N[C@@H](C)c1cccc(Cl)c1)C(=O)Nc1ccc(Cl)cc1. The highest BCUT2D eigenvalue weighted by Crippen LogP contribution is 2.18. The molecule has 0 aliphatic rings. The van der Waals surface area contributed by atoms with Crippen LogP contribution in [-0.4, -0.2) is 11.9 Å². The minimum Gasteiger partial charge on any atom is -0.325 e. The van der Waals surface area contributed by atoms with Gasteiger partial charge in [-0.1, -0.05) is 35.3 Å². The van der Waals surface area contributed by atoms with E-state index in [-0.39, 0.29) is 18.0 Å². The summed E-state index contributed by atoms with van der Waals surface area (Å²) >= 11 is 11.8. The van der Waals surface area contributed by atoms with E-state index in [0.29, 0.717) is 10.0 Å². The lowest BCUT2D eigenvalue weighted by Gasteiger charge is -2.20. The Labute approximate surface area is 140 Å². The smallest absolute Gasteiger partial charge is 0.241 e. The van der Waals surface area contributed by atoms with Gasteiger partial charge >= 0.3 is 0 Å². The van der Waals surface area contributed by atoms with E-state index in [1.54, 1.807) is 24.3 Å². The Morgan fingerprint density at radius 2 is 1.68 bits per heavy atom. The van der Waals surface area contributed by atoms with Crippen molar-refractivity contribution in [3.63, 3.8) is 0 Å². The van der Waals surface area contributed by atoms with Crippen LogP contribution in [0.15, 0.2) is 48.5 Å². The molecule has 0 unspecified atom stereocenters. The number of nitrogens with one attached hydrogen (secondary N) is 2. The lowest BCUT2D eigenvalue weighted by Crippen LogP contribution is -2.39. The molecule has 0 heterocycles. The van der Waals surface area contributed by atoms with Crippen molar-refractivity contribution in [2.45, 2.75) is 25.9 Å². The summed E-state index contributed by atoms with van der Waals surface area (Å²) in [4.78, 5) is 12.2. The number of benzene rings is 2. The quantitative estimate of drug-likeness (QED) is 0.832. The molecule has 0 spiro atoms. The number of hydrogen-bond donors (Lipinski definition) is 2. The van der Waals surface area contributed by atoms with E-state index in [0.717, 1.165) is 11.3 Å². The molecule has 116 valence electrons. The van der Waals surface area contributed by atoms with Crippen LogP contribution in [0, 0.1) is 0 Å². The first-order chi connectivity index (χ1) is 10.5. The predicted molar refractivity (Wildman–Crippen MR) is 92.5 cm³/mol. The topological polar surface area (TPSA) is 41.1 Å². The highest BCUT2D eigenvalue weighted by molar-refractivity contribution is 6.30. The van der Waals surface area contributed by atoms with Gasteiger partial charge in [-0.2, -0.15) is 0 Å². The molecular formula is C17H18Cl2N2O. The minimum absolute atomic E-state index is 0.0182. The zero-order valence-corrected chi connectivity index (χ0v) is 13.9. The van der Waals surface area contributed by atoms with Gasteiger partial charge < -0.3 is 5.32 Å². The molecule has 2 aromatic rings. The van der Waals surface area contributed by atoms with Crippen molar-refractivity contribution < 1.29 is 4.79 Å². The Morgan fingerprint density at radius 3 is 2.32 bits per heavy atom. The number of halogens is 2. The van der Waals surface area contributed by atoms with Crippen molar-refractivity contribution in [3.05, 3.63) is 64.1 Å². The Balaban J connectivity index is 1.94. The number of amides is 1. The molecule has 22 heavy (non-hydrogen) atoms. The van der Waals surface area contributed by atoms with Gasteiger partial charge in [0.05, 0.1) is 6.04 Å². The maximum atomic E-state index is 12.2. The largest absolute Gasteiger partial charge is 0.325 e. The molecule has 0 aliphatic carbocycles. The zero-order chi connectivity index (χ0) is 16.1. The maximum absolute atomic E-state index is 12.2. The van der Waals surface area contributed by atoms with Crippen LogP contribution in [0.4, 0.5) is 5.69 Å². The van der Waals surface area contributed by atoms with Crippen molar-refractivity contribution in [1.29, 1.82) is 0 Å². The van der Waals surface area contributed by atoms with E-state index < -0.39 is 0 Å². The molecule has 2 N–H and O–H groups in total. The Hall–Kier alpha value is -1.55. The molecule has 2 atom stereocenters. The number of anilines is 1. The molecule has 0 bridgehead atoms. The van der Waals surface area contributed by atoms with Gasteiger partial charge in [-0.05, 0) is 55.8 Å². The number of carbonyl (C=O) groups is 1. The van der Waals surface area contributed by atoms with Crippen molar-refractivity contribution in [3.8, 4) is 0 Å². The maximum Gasteiger partial charge on any atom is 0.241 e. The van der Waals surface area contributed by atoms with E-state index >= 15 is 0 Å². The van der Waals surface area contributed by atoms with Gasteiger partial charge in [0.1, 0.15) is 0 Å². The van der Waals surface area contributed by atoms with Crippen LogP contribution in [-0.2, 0) is 4.79 Å². The summed E-state index contributed by atoms with van der Waals surface area (Å²) in [5.41, 5.74) is 1.76. The van der Waals surface area contributed by atoms with Crippen LogP contribution in [0.2, 0.25) is 10.0 Å². The van der Waals surface area contributed by atoms with E-state index in [1.807, 2.05) is 38.1 Å². The Morgan fingerprint density at radius 1 is 1.00 bits per heavy atom. The highest BCUT2D eigenvalue weighted by Gasteiger charge is 2.16. The van der Waals surface area contributed by atoms with Crippen molar-refractivity contribution >= 4 is 34.8 Å². The summed E-state index contributed by atoms with van der Waals surface area (Å²) in [5.74, 6) is -0.101. The second-order valence-electron chi connectivity index (χ2n) is 5.16. The molecule has 0 saturated carbocycles. The van der Waals surface area contributed by atoms with Gasteiger partial charge in [0.2, 0.25) is 5.91 Å². The molecule has 0 fully saturated rings. The van der Waals surface area contributed by atoms with Crippen LogP contribution in [0.1, 0.15) is 25.5 Å². The molecule has 0 saturated heterocycles. The van der Waals surface area contributed by atoms with Gasteiger partial charge in [0.25, 0.3) is 0 Å². The summed E-state index contributed by atoms with van der Waals surface area (Å²) in [6.45, 7) is 3.82. The zero-order valence-electron chi connectivity index (χ0n) is 12.4. The monoisotopic (exact) mass is 336 g/mol. The third-order valence-electron chi connectivity index (χ3n) is 3.35. The molecule has 2 rings (SSSR count). The predicted octanol–water partition coefficient (Wildman–Crippen LogP) is 4.67. The lowest BCUT2D eigenvalue weighted by atomic mass is 10.1. The highest BCUT2D eigenvalue weighted by atomic mass is 35.5.